The van der Waals surface area contributed by atoms with E-state index in [2.05, 4.69) is 21.6 Å². The molecule has 1 heterocycles. The molecule has 6 nitrogen and oxygen atoms in total. The third-order valence-corrected chi connectivity index (χ3v) is 5.10. The number of halogens is 1. The van der Waals surface area contributed by atoms with E-state index in [0.29, 0.717) is 6.54 Å². The van der Waals surface area contributed by atoms with Crippen LogP contribution in [0.3, 0.4) is 0 Å². The molecule has 0 atom stereocenters. The highest BCUT2D eigenvalue weighted by Gasteiger charge is 2.19. The maximum Gasteiger partial charge on any atom is 0.242 e. The number of rotatable bonds is 5. The molecule has 1 fully saturated rings. The lowest BCUT2D eigenvalue weighted by Crippen LogP contribution is -2.46. The summed E-state index contributed by atoms with van der Waals surface area (Å²) in [6, 6.07) is 3.33. The number of likely N-dealkylation sites (N-methyl/N-ethyl adjacent to an activating group) is 1. The predicted molar refractivity (Wildman–Crippen MR) is 79.9 cm³/mol. The van der Waals surface area contributed by atoms with Crippen molar-refractivity contribution < 1.29 is 12.8 Å². The lowest BCUT2D eigenvalue weighted by molar-refractivity contribution is 0.156. The van der Waals surface area contributed by atoms with Gasteiger partial charge in [0.05, 0.1) is 5.69 Å². The van der Waals surface area contributed by atoms with Gasteiger partial charge >= 0.3 is 0 Å². The van der Waals surface area contributed by atoms with Crippen LogP contribution in [0.5, 0.6) is 0 Å². The van der Waals surface area contributed by atoms with Crippen LogP contribution < -0.4 is 10.5 Å². The van der Waals surface area contributed by atoms with Gasteiger partial charge in [-0.3, -0.25) is 4.90 Å². The molecule has 21 heavy (non-hydrogen) atoms. The van der Waals surface area contributed by atoms with E-state index in [0.717, 1.165) is 38.3 Å². The van der Waals surface area contributed by atoms with E-state index in [1.807, 2.05) is 0 Å². The Bertz CT molecular complexity index is 586. The minimum Gasteiger partial charge on any atom is -0.398 e. The van der Waals surface area contributed by atoms with Crippen molar-refractivity contribution in [3.8, 4) is 0 Å². The Hall–Kier alpha value is -1.22. The molecule has 0 aliphatic carbocycles. The molecule has 0 amide bonds. The molecule has 8 heteroatoms. The predicted octanol–water partition coefficient (Wildman–Crippen LogP) is -0.0664. The van der Waals surface area contributed by atoms with Crippen molar-refractivity contribution in [3.63, 3.8) is 0 Å². The van der Waals surface area contributed by atoms with Crippen molar-refractivity contribution in [1.29, 1.82) is 0 Å². The Morgan fingerprint density at radius 3 is 2.62 bits per heavy atom. The Kier molecular flexibility index (Phi) is 5.15. The van der Waals surface area contributed by atoms with Crippen molar-refractivity contribution in [2.45, 2.75) is 4.90 Å². The molecule has 0 aromatic heterocycles. The van der Waals surface area contributed by atoms with E-state index in [9.17, 15) is 12.8 Å². The van der Waals surface area contributed by atoms with Crippen LogP contribution in [0.15, 0.2) is 23.1 Å². The van der Waals surface area contributed by atoms with Gasteiger partial charge in [-0.15, -0.1) is 0 Å². The molecule has 1 aromatic rings. The van der Waals surface area contributed by atoms with Crippen molar-refractivity contribution in [2.24, 2.45) is 0 Å². The highest BCUT2D eigenvalue weighted by Crippen LogP contribution is 2.18. The van der Waals surface area contributed by atoms with Crippen molar-refractivity contribution in [2.75, 3.05) is 52.0 Å². The average Bonchev–Trinajstić information content (AvgIpc) is 2.43. The van der Waals surface area contributed by atoms with Crippen LogP contribution in [0.2, 0.25) is 0 Å². The van der Waals surface area contributed by atoms with E-state index >= 15 is 0 Å². The third-order valence-electron chi connectivity index (χ3n) is 3.58. The lowest BCUT2D eigenvalue weighted by atomic mass is 10.3. The first-order valence-corrected chi connectivity index (χ1v) is 8.32. The summed E-state index contributed by atoms with van der Waals surface area (Å²) < 4.78 is 39.9. The van der Waals surface area contributed by atoms with E-state index in [4.69, 9.17) is 5.73 Å². The molecule has 1 aliphatic heterocycles. The second-order valence-electron chi connectivity index (χ2n) is 5.22. The molecule has 1 aromatic carbocycles. The van der Waals surface area contributed by atoms with Crippen LogP contribution in [-0.2, 0) is 10.0 Å². The fraction of sp³-hybridized carbons (Fsp3) is 0.538. The van der Waals surface area contributed by atoms with Crippen LogP contribution in [0.1, 0.15) is 0 Å². The Morgan fingerprint density at radius 1 is 1.29 bits per heavy atom. The van der Waals surface area contributed by atoms with Gasteiger partial charge in [0.2, 0.25) is 10.0 Å². The zero-order valence-electron chi connectivity index (χ0n) is 12.0. The van der Waals surface area contributed by atoms with Crippen LogP contribution in [-0.4, -0.2) is 64.5 Å². The number of benzene rings is 1. The highest BCUT2D eigenvalue weighted by molar-refractivity contribution is 7.89. The smallest absolute Gasteiger partial charge is 0.242 e. The second-order valence-corrected chi connectivity index (χ2v) is 6.96. The van der Waals surface area contributed by atoms with Gasteiger partial charge < -0.3 is 10.6 Å². The number of nitrogens with one attached hydrogen (secondary N) is 1. The minimum absolute atomic E-state index is 0.0449. The summed E-state index contributed by atoms with van der Waals surface area (Å²) in [6.07, 6.45) is 0. The Balaban J connectivity index is 1.91. The maximum atomic E-state index is 13.2. The molecule has 2 rings (SSSR count). The first-order valence-electron chi connectivity index (χ1n) is 6.84. The largest absolute Gasteiger partial charge is 0.398 e. The van der Waals surface area contributed by atoms with E-state index in [1.54, 1.807) is 0 Å². The van der Waals surface area contributed by atoms with Gasteiger partial charge in [-0.05, 0) is 25.2 Å². The molecule has 0 bridgehead atoms. The zero-order valence-corrected chi connectivity index (χ0v) is 12.9. The summed E-state index contributed by atoms with van der Waals surface area (Å²) in [4.78, 5) is 4.21. The standard InChI is InChI=1S/C13H21FN4O2S/c1-17-6-8-18(9-7-17)5-4-16-21(19,20)13-10-11(14)2-3-12(13)15/h2-3,10,16H,4-9,15H2,1H3. The number of nitrogens with two attached hydrogens (primary N) is 1. The van der Waals surface area contributed by atoms with Gasteiger partial charge in [0.15, 0.2) is 0 Å². The van der Waals surface area contributed by atoms with Crippen LogP contribution >= 0.6 is 0 Å². The van der Waals surface area contributed by atoms with Gasteiger partial charge in [0.25, 0.3) is 0 Å². The molecule has 3 N–H and O–H groups in total. The summed E-state index contributed by atoms with van der Waals surface area (Å²) in [7, 11) is -1.71. The number of nitrogens with zero attached hydrogens (tertiary/aromatic N) is 2. The highest BCUT2D eigenvalue weighted by atomic mass is 32.2. The summed E-state index contributed by atoms with van der Waals surface area (Å²) >= 11 is 0. The fourth-order valence-corrected chi connectivity index (χ4v) is 3.39. The summed E-state index contributed by atoms with van der Waals surface area (Å²) in [5, 5.41) is 0. The van der Waals surface area contributed by atoms with E-state index < -0.39 is 15.8 Å². The number of nitrogen functional groups attached to an aromatic ring is 1. The lowest BCUT2D eigenvalue weighted by Gasteiger charge is -2.32. The van der Waals surface area contributed by atoms with Gasteiger partial charge in [-0.1, -0.05) is 0 Å². The fourth-order valence-electron chi connectivity index (χ4n) is 2.23. The number of anilines is 1. The van der Waals surface area contributed by atoms with Gasteiger partial charge in [-0.25, -0.2) is 17.5 Å². The molecular formula is C13H21FN4O2S. The third kappa shape index (κ3) is 4.37. The number of hydrogen-bond donors (Lipinski definition) is 2. The van der Waals surface area contributed by atoms with Crippen molar-refractivity contribution in [3.05, 3.63) is 24.0 Å². The molecule has 0 unspecified atom stereocenters. The molecule has 0 radical (unpaired) electrons. The Labute approximate surface area is 124 Å². The van der Waals surface area contributed by atoms with Crippen LogP contribution in [0, 0.1) is 5.82 Å². The van der Waals surface area contributed by atoms with Gasteiger partial charge in [0, 0.05) is 39.3 Å². The molecule has 118 valence electrons. The summed E-state index contributed by atoms with van der Waals surface area (Å²) in [5.41, 5.74) is 5.65. The molecule has 0 saturated carbocycles. The number of piperazine rings is 1. The first kappa shape index (κ1) is 16.2. The first-order chi connectivity index (χ1) is 9.88. The summed E-state index contributed by atoms with van der Waals surface area (Å²) in [6.45, 7) is 4.69. The van der Waals surface area contributed by atoms with Crippen LogP contribution in [0.4, 0.5) is 10.1 Å². The molecule has 0 spiro atoms. The number of sulfonamides is 1. The molecule has 1 saturated heterocycles. The SMILES string of the molecule is CN1CCN(CCNS(=O)(=O)c2cc(F)ccc2N)CC1. The van der Waals surface area contributed by atoms with E-state index in [-0.39, 0.29) is 17.1 Å². The Morgan fingerprint density at radius 2 is 1.95 bits per heavy atom. The summed E-state index contributed by atoms with van der Waals surface area (Å²) in [5.74, 6) is -0.622. The quantitative estimate of drug-likeness (QED) is 0.744. The number of hydrogen-bond acceptors (Lipinski definition) is 5. The minimum atomic E-state index is -3.78. The molecular weight excluding hydrogens is 295 g/mol. The van der Waals surface area contributed by atoms with Crippen molar-refractivity contribution in [1.82, 2.24) is 14.5 Å². The van der Waals surface area contributed by atoms with Crippen LogP contribution in [0.25, 0.3) is 0 Å². The molecule has 1 aliphatic rings. The van der Waals surface area contributed by atoms with E-state index in [1.165, 1.54) is 6.07 Å². The van der Waals surface area contributed by atoms with Crippen molar-refractivity contribution >= 4 is 15.7 Å². The van der Waals surface area contributed by atoms with Gasteiger partial charge in [-0.2, -0.15) is 0 Å². The zero-order chi connectivity index (χ0) is 15.5. The maximum absolute atomic E-state index is 13.2. The van der Waals surface area contributed by atoms with Gasteiger partial charge in [0.1, 0.15) is 10.7 Å². The normalized spacial score (nSPS) is 18.0. The monoisotopic (exact) mass is 316 g/mol. The topological polar surface area (TPSA) is 78.7 Å². The average molecular weight is 316 g/mol. The second kappa shape index (κ2) is 6.69.